The van der Waals surface area contributed by atoms with Crippen LogP contribution in [0.4, 0.5) is 46.8 Å². The lowest BCUT2D eigenvalue weighted by atomic mass is 9.94. The number of aromatic nitrogens is 6. The molecule has 6 aromatic rings. The number of aliphatic hydroxyl groups is 4. The van der Waals surface area contributed by atoms with Gasteiger partial charge in [-0.3, -0.25) is 18.6 Å². The minimum atomic E-state index is -4.68. The Hall–Kier alpha value is -6.68. The van der Waals surface area contributed by atoms with E-state index >= 15 is 0 Å². The SMILES string of the molecule is C[C@H](N[P@@](=O)(OC[C@@]1(CF)O[C@@H](c2ccc3c(N)ncnn23)[C@H](O)[C@@H]1O)Oc1ccccc1)C(=O)OCC(C)(C)C(F)(F)F.C[C@H](N[P@](=O)(OC[C@@]1(CF)O[C@@H](c2ccc3c(N)ncnn23)[C@H](O)[C@@H]1O)Oc1ccccc1)C(=O)OCC(C)(C)C(F)(F)F. The first kappa shape index (κ1) is 68.8. The van der Waals surface area contributed by atoms with Crippen molar-refractivity contribution >= 4 is 50.1 Å². The van der Waals surface area contributed by atoms with Crippen molar-refractivity contribution in [3.05, 3.63) is 109 Å². The molecule has 26 nitrogen and oxygen atoms in total. The normalized spacial score (nSPS) is 24.6. The maximum absolute atomic E-state index is 14.6. The molecule has 2 fully saturated rings. The van der Waals surface area contributed by atoms with Gasteiger partial charge in [-0.2, -0.15) is 46.7 Å². The summed E-state index contributed by atoms with van der Waals surface area (Å²) in [5.74, 6) is -2.23. The van der Waals surface area contributed by atoms with Crippen molar-refractivity contribution in [1.29, 1.82) is 0 Å². The third-order valence-corrected chi connectivity index (χ3v) is 17.4. The van der Waals surface area contributed by atoms with E-state index < -0.39 is 150 Å². The summed E-state index contributed by atoms with van der Waals surface area (Å²) in [4.78, 5) is 32.9. The minimum Gasteiger partial charge on any atom is -0.464 e. The van der Waals surface area contributed by atoms with E-state index in [0.717, 1.165) is 54.2 Å². The molecule has 0 saturated carbocycles. The van der Waals surface area contributed by atoms with Gasteiger partial charge < -0.3 is 59.9 Å². The quantitative estimate of drug-likeness (QED) is 0.0188. The Labute approximate surface area is 495 Å². The Morgan fingerprint density at radius 2 is 0.955 bits per heavy atom. The molecular formula is C52H64F8N10O16P2. The second-order valence-corrected chi connectivity index (χ2v) is 25.2. The highest BCUT2D eigenvalue weighted by molar-refractivity contribution is 7.52. The van der Waals surface area contributed by atoms with Crippen LogP contribution in [0.15, 0.2) is 97.6 Å². The molecule has 0 aliphatic carbocycles. The number of aliphatic hydroxyl groups excluding tert-OH is 4. The number of ether oxygens (including phenoxy) is 4. The van der Waals surface area contributed by atoms with E-state index in [4.69, 9.17) is 48.5 Å². The Morgan fingerprint density at radius 3 is 1.27 bits per heavy atom. The summed E-state index contributed by atoms with van der Waals surface area (Å²) in [5, 5.41) is 56.1. The number of para-hydroxylation sites is 2. The lowest BCUT2D eigenvalue weighted by molar-refractivity contribution is -0.227. The number of carbonyl (C=O) groups is 2. The summed E-state index contributed by atoms with van der Waals surface area (Å²) < 4.78 is 182. The highest BCUT2D eigenvalue weighted by Crippen LogP contribution is 2.51. The van der Waals surface area contributed by atoms with Crippen molar-refractivity contribution in [2.75, 3.05) is 51.2 Å². The van der Waals surface area contributed by atoms with Gasteiger partial charge in [-0.25, -0.2) is 36.9 Å². The topological polar surface area (TPSA) is 360 Å². The van der Waals surface area contributed by atoms with Crippen LogP contribution in [-0.4, -0.2) is 161 Å². The summed E-state index contributed by atoms with van der Waals surface area (Å²) in [6, 6.07) is 17.9. The molecule has 4 aromatic heterocycles. The predicted octanol–water partition coefficient (Wildman–Crippen LogP) is 6.25. The fourth-order valence-corrected chi connectivity index (χ4v) is 11.5. The smallest absolute Gasteiger partial charge is 0.459 e. The molecule has 2 aliphatic rings. The average molecular weight is 1300 g/mol. The van der Waals surface area contributed by atoms with E-state index in [-0.39, 0.29) is 34.5 Å². The molecule has 2 aliphatic heterocycles. The summed E-state index contributed by atoms with van der Waals surface area (Å²) in [6.45, 7) is -1.21. The van der Waals surface area contributed by atoms with Crippen molar-refractivity contribution in [2.45, 2.75) is 114 Å². The number of nitrogens with zero attached hydrogens (tertiary/aromatic N) is 6. The van der Waals surface area contributed by atoms with E-state index in [1.165, 1.54) is 81.8 Å². The lowest BCUT2D eigenvalue weighted by Gasteiger charge is -2.31. The number of hydrogen-bond acceptors (Lipinski definition) is 22. The molecule has 2 aromatic carbocycles. The van der Waals surface area contributed by atoms with Gasteiger partial charge in [0.05, 0.1) is 35.4 Å². The number of hydrogen-bond donors (Lipinski definition) is 8. The van der Waals surface area contributed by atoms with E-state index in [1.54, 1.807) is 12.1 Å². The number of benzene rings is 2. The number of esters is 2. The maximum atomic E-state index is 14.6. The fraction of sp³-hybridized carbons (Fsp3) is 0.500. The van der Waals surface area contributed by atoms with E-state index in [2.05, 4.69) is 30.3 Å². The molecule has 8 rings (SSSR count). The predicted molar refractivity (Wildman–Crippen MR) is 292 cm³/mol. The Bertz CT molecular complexity index is 3240. The highest BCUT2D eigenvalue weighted by atomic mass is 31.2. The summed E-state index contributed by atoms with van der Waals surface area (Å²) in [7, 11) is -9.37. The number of halogens is 8. The summed E-state index contributed by atoms with van der Waals surface area (Å²) in [6.07, 6.45) is -17.0. The molecule has 484 valence electrons. The first-order chi connectivity index (χ1) is 41.0. The van der Waals surface area contributed by atoms with E-state index in [1.807, 2.05) is 0 Å². The van der Waals surface area contributed by atoms with Crippen molar-refractivity contribution in [2.24, 2.45) is 10.8 Å². The molecule has 0 spiro atoms. The number of alkyl halides is 8. The van der Waals surface area contributed by atoms with Crippen molar-refractivity contribution < 1.29 is 111 Å². The van der Waals surface area contributed by atoms with Gasteiger partial charge in [0, 0.05) is 0 Å². The van der Waals surface area contributed by atoms with Crippen LogP contribution in [0.3, 0.4) is 0 Å². The average Bonchev–Trinajstić information content (AvgIpc) is 1.80. The molecule has 0 bridgehead atoms. The maximum Gasteiger partial charge on any atom is 0.459 e. The van der Waals surface area contributed by atoms with Gasteiger partial charge in [-0.1, -0.05) is 36.4 Å². The van der Waals surface area contributed by atoms with Crippen LogP contribution in [0.2, 0.25) is 0 Å². The first-order valence-corrected chi connectivity index (χ1v) is 29.5. The molecule has 10 N–H and O–H groups in total. The van der Waals surface area contributed by atoms with Crippen LogP contribution in [0, 0.1) is 10.8 Å². The minimum absolute atomic E-state index is 0.0147. The highest BCUT2D eigenvalue weighted by Gasteiger charge is 2.59. The van der Waals surface area contributed by atoms with Gasteiger partial charge in [-0.15, -0.1) is 0 Å². The van der Waals surface area contributed by atoms with Gasteiger partial charge in [0.2, 0.25) is 0 Å². The Balaban J connectivity index is 0.000000251. The fourth-order valence-electron chi connectivity index (χ4n) is 8.43. The number of anilines is 2. The molecule has 0 radical (unpaired) electrons. The third-order valence-electron chi connectivity index (χ3n) is 14.1. The molecular weight excluding hydrogens is 1230 g/mol. The standard InChI is InChI=1S/2C26H32F4N5O8P/c2*1-15(23(38)40-12-24(2,3)26(28,29)30)34-44(39,43-16-7-5-4-6-8-16)41-13-25(11-27)21(37)19(36)20(42-25)17-9-10-18-22(31)32-14-33-35(17)18/h2*4-10,14-15,19-21,36-37H,11-13H2,1-3H3,(H,34,39)(H2,31,32,33)/t15-,19-,20-,21-,25+,44+;15-,19-,20-,21-,25+,44-/m00/s1. The number of nitrogens with one attached hydrogen (secondary N) is 2. The third kappa shape index (κ3) is 15.1. The largest absolute Gasteiger partial charge is 0.464 e. The molecule has 0 amide bonds. The molecule has 88 heavy (non-hydrogen) atoms. The van der Waals surface area contributed by atoms with Crippen molar-refractivity contribution in [3.8, 4) is 11.5 Å². The molecule has 2 saturated heterocycles. The van der Waals surface area contributed by atoms with Crippen molar-refractivity contribution in [1.82, 2.24) is 39.4 Å². The van der Waals surface area contributed by atoms with Crippen LogP contribution >= 0.6 is 15.5 Å². The van der Waals surface area contributed by atoms with Gasteiger partial charge in [0.1, 0.15) is 122 Å². The van der Waals surface area contributed by atoms with E-state index in [9.17, 15) is 74.3 Å². The summed E-state index contributed by atoms with van der Waals surface area (Å²) in [5.41, 5.74) is 3.48. The van der Waals surface area contributed by atoms with E-state index in [0.29, 0.717) is 11.0 Å². The van der Waals surface area contributed by atoms with Crippen LogP contribution < -0.4 is 30.7 Å². The Kier molecular flexibility index (Phi) is 21.0. The van der Waals surface area contributed by atoms with Crippen LogP contribution in [0.1, 0.15) is 65.1 Å². The number of carbonyl (C=O) groups excluding carboxylic acids is 2. The zero-order valence-electron chi connectivity index (χ0n) is 47.5. The second kappa shape index (κ2) is 26.8. The van der Waals surface area contributed by atoms with Crippen LogP contribution in [0.5, 0.6) is 11.5 Å². The van der Waals surface area contributed by atoms with Gasteiger partial charge in [0.25, 0.3) is 0 Å². The number of nitrogen functional groups attached to an aromatic ring is 2. The van der Waals surface area contributed by atoms with Crippen LogP contribution in [0.25, 0.3) is 11.0 Å². The second-order valence-electron chi connectivity index (χ2n) is 21.8. The van der Waals surface area contributed by atoms with Gasteiger partial charge in [0.15, 0.2) is 11.6 Å². The molecule has 0 unspecified atom stereocenters. The van der Waals surface area contributed by atoms with Gasteiger partial charge in [-0.05, 0) is 90.1 Å². The zero-order valence-corrected chi connectivity index (χ0v) is 49.3. The Morgan fingerprint density at radius 1 is 0.614 bits per heavy atom. The zero-order chi connectivity index (χ0) is 65.0. The number of nitrogens with two attached hydrogens (primary N) is 2. The van der Waals surface area contributed by atoms with Gasteiger partial charge >= 0.3 is 39.8 Å². The van der Waals surface area contributed by atoms with Crippen molar-refractivity contribution in [3.63, 3.8) is 0 Å². The summed E-state index contributed by atoms with van der Waals surface area (Å²) >= 11 is 0. The molecule has 36 heteroatoms. The lowest BCUT2D eigenvalue weighted by Crippen LogP contribution is -2.49. The van der Waals surface area contributed by atoms with Crippen LogP contribution in [-0.2, 0) is 46.7 Å². The molecule has 6 heterocycles. The number of rotatable bonds is 24. The first-order valence-electron chi connectivity index (χ1n) is 26.4. The number of fused-ring (bicyclic) bond motifs is 2. The molecule has 12 atom stereocenters. The monoisotopic (exact) mass is 1300 g/mol.